The molecule has 92 valence electrons. The molecule has 1 N–H and O–H groups in total. The fraction of sp³-hybridized carbons (Fsp3) is 0.267. The largest absolute Gasteiger partial charge is 0.329 e. The summed E-state index contributed by atoms with van der Waals surface area (Å²) in [5.74, 6) is 1.63. The van der Waals surface area contributed by atoms with Gasteiger partial charge < -0.3 is 10.2 Å². The monoisotopic (exact) mass is 239 g/mol. The molecule has 1 aromatic heterocycles. The predicted molar refractivity (Wildman–Crippen MR) is 74.4 cm³/mol. The topological polar surface area (TPSA) is 28.2 Å². The van der Waals surface area contributed by atoms with Crippen LogP contribution in [0.2, 0.25) is 0 Å². The average molecular weight is 239 g/mol. The third-order valence-corrected chi connectivity index (χ3v) is 3.51. The summed E-state index contributed by atoms with van der Waals surface area (Å²) in [6.07, 6.45) is 2.00. The lowest BCUT2D eigenvalue weighted by molar-refractivity contribution is 0.447. The SMILES string of the molecule is CN(c1ccccc1)c1ccc(C2CNC2)cn1. The molecule has 3 nitrogen and oxygen atoms in total. The first-order chi connectivity index (χ1) is 8.84. The van der Waals surface area contributed by atoms with Gasteiger partial charge in [-0.15, -0.1) is 0 Å². The maximum atomic E-state index is 4.56. The van der Waals surface area contributed by atoms with Crippen molar-refractivity contribution in [3.63, 3.8) is 0 Å². The van der Waals surface area contributed by atoms with E-state index in [2.05, 4.69) is 39.5 Å². The zero-order valence-electron chi connectivity index (χ0n) is 10.5. The first-order valence-electron chi connectivity index (χ1n) is 6.30. The van der Waals surface area contributed by atoms with Crippen LogP contribution in [0, 0.1) is 0 Å². The van der Waals surface area contributed by atoms with Crippen molar-refractivity contribution < 1.29 is 0 Å². The van der Waals surface area contributed by atoms with Gasteiger partial charge in [0.15, 0.2) is 0 Å². The maximum Gasteiger partial charge on any atom is 0.132 e. The number of benzene rings is 1. The van der Waals surface area contributed by atoms with Crippen LogP contribution in [0.1, 0.15) is 11.5 Å². The number of hydrogen-bond acceptors (Lipinski definition) is 3. The van der Waals surface area contributed by atoms with Crippen LogP contribution in [0.3, 0.4) is 0 Å². The number of rotatable bonds is 3. The highest BCUT2D eigenvalue weighted by atomic mass is 15.2. The first kappa shape index (κ1) is 11.2. The van der Waals surface area contributed by atoms with Crippen molar-refractivity contribution in [1.29, 1.82) is 0 Å². The van der Waals surface area contributed by atoms with E-state index >= 15 is 0 Å². The van der Waals surface area contributed by atoms with Gasteiger partial charge in [0.25, 0.3) is 0 Å². The molecule has 1 aliphatic heterocycles. The summed E-state index contributed by atoms with van der Waals surface area (Å²) in [4.78, 5) is 6.66. The van der Waals surface area contributed by atoms with Crippen LogP contribution in [0.15, 0.2) is 48.7 Å². The van der Waals surface area contributed by atoms with Crippen LogP contribution in [0.25, 0.3) is 0 Å². The van der Waals surface area contributed by atoms with Crippen LogP contribution in [-0.4, -0.2) is 25.1 Å². The van der Waals surface area contributed by atoms with Crippen LogP contribution >= 0.6 is 0 Å². The van der Waals surface area contributed by atoms with Crippen molar-refractivity contribution in [2.75, 3.05) is 25.0 Å². The molecular formula is C15H17N3. The van der Waals surface area contributed by atoms with Crippen molar-refractivity contribution in [2.24, 2.45) is 0 Å². The molecular weight excluding hydrogens is 222 g/mol. The van der Waals surface area contributed by atoms with Gasteiger partial charge in [-0.3, -0.25) is 0 Å². The summed E-state index contributed by atoms with van der Waals surface area (Å²) in [7, 11) is 2.04. The number of aromatic nitrogens is 1. The Labute approximate surface area is 107 Å². The van der Waals surface area contributed by atoms with Gasteiger partial charge in [0.05, 0.1) is 0 Å². The summed E-state index contributed by atoms with van der Waals surface area (Å²) in [6.45, 7) is 2.16. The zero-order valence-corrected chi connectivity index (χ0v) is 10.5. The van der Waals surface area contributed by atoms with Crippen LogP contribution in [-0.2, 0) is 0 Å². The molecule has 0 bridgehead atoms. The number of nitrogens with zero attached hydrogens (tertiary/aromatic N) is 2. The maximum absolute atomic E-state index is 4.56. The average Bonchev–Trinajstić information content (AvgIpc) is 2.38. The van der Waals surface area contributed by atoms with Crippen molar-refractivity contribution >= 4 is 11.5 Å². The van der Waals surface area contributed by atoms with Gasteiger partial charge in [0.2, 0.25) is 0 Å². The number of nitrogens with one attached hydrogen (secondary N) is 1. The van der Waals surface area contributed by atoms with Gasteiger partial charge in [0, 0.05) is 37.9 Å². The summed E-state index contributed by atoms with van der Waals surface area (Å²) < 4.78 is 0. The summed E-state index contributed by atoms with van der Waals surface area (Å²) in [5.41, 5.74) is 2.49. The molecule has 2 aromatic rings. The second-order valence-electron chi connectivity index (χ2n) is 4.70. The minimum absolute atomic E-state index is 0.647. The lowest BCUT2D eigenvalue weighted by Gasteiger charge is -2.27. The number of para-hydroxylation sites is 1. The van der Waals surface area contributed by atoms with Crippen molar-refractivity contribution in [1.82, 2.24) is 10.3 Å². The Morgan fingerprint density at radius 1 is 1.11 bits per heavy atom. The Morgan fingerprint density at radius 3 is 2.44 bits per heavy atom. The Bertz CT molecular complexity index is 503. The number of hydrogen-bond donors (Lipinski definition) is 1. The van der Waals surface area contributed by atoms with Gasteiger partial charge in [-0.1, -0.05) is 24.3 Å². The lowest BCUT2D eigenvalue weighted by Crippen LogP contribution is -2.39. The molecule has 0 radical (unpaired) electrons. The van der Waals surface area contributed by atoms with E-state index in [9.17, 15) is 0 Å². The standard InChI is InChI=1S/C15H17N3/c1-18(14-5-3-2-4-6-14)15-8-7-12(11-17-15)13-9-16-10-13/h2-8,11,13,16H,9-10H2,1H3. The predicted octanol–water partition coefficient (Wildman–Crippen LogP) is 2.54. The van der Waals surface area contributed by atoms with Crippen LogP contribution in [0.4, 0.5) is 11.5 Å². The van der Waals surface area contributed by atoms with E-state index in [1.54, 1.807) is 0 Å². The van der Waals surface area contributed by atoms with Gasteiger partial charge in [-0.2, -0.15) is 0 Å². The Hall–Kier alpha value is -1.87. The summed E-state index contributed by atoms with van der Waals surface area (Å²) >= 11 is 0. The highest BCUT2D eigenvalue weighted by Gasteiger charge is 2.19. The van der Waals surface area contributed by atoms with E-state index in [-0.39, 0.29) is 0 Å². The molecule has 0 unspecified atom stereocenters. The second-order valence-corrected chi connectivity index (χ2v) is 4.70. The molecule has 0 amide bonds. The smallest absolute Gasteiger partial charge is 0.132 e. The molecule has 3 rings (SSSR count). The van der Waals surface area contributed by atoms with E-state index in [1.807, 2.05) is 31.4 Å². The molecule has 1 saturated heterocycles. The highest BCUT2D eigenvalue weighted by molar-refractivity contribution is 5.58. The third-order valence-electron chi connectivity index (χ3n) is 3.51. The fourth-order valence-corrected chi connectivity index (χ4v) is 2.15. The minimum Gasteiger partial charge on any atom is -0.329 e. The van der Waals surface area contributed by atoms with Gasteiger partial charge in [-0.25, -0.2) is 4.98 Å². The Balaban J connectivity index is 1.80. The minimum atomic E-state index is 0.647. The lowest BCUT2D eigenvalue weighted by atomic mass is 9.95. The number of anilines is 2. The number of pyridine rings is 1. The van der Waals surface area contributed by atoms with Crippen molar-refractivity contribution in [3.8, 4) is 0 Å². The van der Waals surface area contributed by atoms with Crippen molar-refractivity contribution in [2.45, 2.75) is 5.92 Å². The van der Waals surface area contributed by atoms with E-state index in [4.69, 9.17) is 0 Å². The van der Waals surface area contributed by atoms with Gasteiger partial charge >= 0.3 is 0 Å². The summed E-state index contributed by atoms with van der Waals surface area (Å²) in [5, 5.41) is 3.28. The molecule has 1 aromatic carbocycles. The molecule has 18 heavy (non-hydrogen) atoms. The normalized spacial score (nSPS) is 15.2. The zero-order chi connectivity index (χ0) is 12.4. The Morgan fingerprint density at radius 2 is 1.89 bits per heavy atom. The van der Waals surface area contributed by atoms with E-state index < -0.39 is 0 Å². The molecule has 3 heteroatoms. The Kier molecular flexibility index (Phi) is 2.99. The molecule has 0 spiro atoms. The van der Waals surface area contributed by atoms with E-state index in [0.29, 0.717) is 5.92 Å². The van der Waals surface area contributed by atoms with Crippen LogP contribution in [0.5, 0.6) is 0 Å². The molecule has 1 fully saturated rings. The highest BCUT2D eigenvalue weighted by Crippen LogP contribution is 2.24. The second kappa shape index (κ2) is 4.78. The molecule has 1 aliphatic rings. The van der Waals surface area contributed by atoms with E-state index in [0.717, 1.165) is 24.6 Å². The van der Waals surface area contributed by atoms with Gasteiger partial charge in [-0.05, 0) is 23.8 Å². The molecule has 2 heterocycles. The van der Waals surface area contributed by atoms with Crippen molar-refractivity contribution in [3.05, 3.63) is 54.2 Å². The fourth-order valence-electron chi connectivity index (χ4n) is 2.15. The summed E-state index contributed by atoms with van der Waals surface area (Å²) in [6, 6.07) is 14.6. The molecule has 0 atom stereocenters. The van der Waals surface area contributed by atoms with Crippen LogP contribution < -0.4 is 10.2 Å². The molecule has 0 aliphatic carbocycles. The van der Waals surface area contributed by atoms with E-state index in [1.165, 1.54) is 5.56 Å². The first-order valence-corrected chi connectivity index (χ1v) is 6.30. The van der Waals surface area contributed by atoms with Gasteiger partial charge in [0.1, 0.15) is 5.82 Å². The third kappa shape index (κ3) is 2.09. The quantitative estimate of drug-likeness (QED) is 0.892. The molecule has 0 saturated carbocycles.